The van der Waals surface area contributed by atoms with Gasteiger partial charge in [-0.3, -0.25) is 4.79 Å². The first-order valence-electron chi connectivity index (χ1n) is 11.8. The van der Waals surface area contributed by atoms with Gasteiger partial charge in [-0.2, -0.15) is 5.10 Å². The van der Waals surface area contributed by atoms with Crippen LogP contribution in [0.1, 0.15) is 50.9 Å². The first-order chi connectivity index (χ1) is 17.1. The van der Waals surface area contributed by atoms with Gasteiger partial charge in [0.15, 0.2) is 0 Å². The van der Waals surface area contributed by atoms with Gasteiger partial charge >= 0.3 is 6.09 Å². The molecule has 1 saturated heterocycles. The maximum atomic E-state index is 14.2. The smallest absolute Gasteiger partial charge is 0.410 e. The minimum atomic E-state index is -0.559. The van der Waals surface area contributed by atoms with E-state index in [9.17, 15) is 14.0 Å². The number of rotatable bonds is 3. The van der Waals surface area contributed by atoms with E-state index < -0.39 is 11.4 Å². The number of hydrogen-bond acceptors (Lipinski definition) is 7. The standard InChI is InChI=1S/C25H27FN6O4/c1-14-20(23-29-28-22(35-23)16-7-5-6-8-17(16)26)21-27-19(33)13-18(32(21)30-14)15-9-11-31(12-10-15)24(34)36-25(2,3)4/h5-8,13,15H,9-12H2,1-4H3,(H,27,33). The number of nitrogens with one attached hydrogen (secondary N) is 1. The van der Waals surface area contributed by atoms with Gasteiger partial charge in [-0.15, -0.1) is 10.2 Å². The molecule has 188 valence electrons. The number of hydrogen-bond donors (Lipinski definition) is 1. The Morgan fingerprint density at radius 2 is 1.86 bits per heavy atom. The Bertz CT molecular complexity index is 1490. The summed E-state index contributed by atoms with van der Waals surface area (Å²) in [5.74, 6) is -0.293. The van der Waals surface area contributed by atoms with Crippen LogP contribution in [0.15, 0.2) is 39.5 Å². The van der Waals surface area contributed by atoms with Crippen LogP contribution in [-0.2, 0) is 4.74 Å². The highest BCUT2D eigenvalue weighted by molar-refractivity contribution is 5.75. The third-order valence-electron chi connectivity index (χ3n) is 6.13. The number of aryl methyl sites for hydroxylation is 1. The summed E-state index contributed by atoms with van der Waals surface area (Å²) in [6, 6.07) is 7.67. The maximum Gasteiger partial charge on any atom is 0.410 e. The van der Waals surface area contributed by atoms with Crippen molar-refractivity contribution in [2.75, 3.05) is 13.1 Å². The molecule has 0 saturated carbocycles. The van der Waals surface area contributed by atoms with Gasteiger partial charge in [0.25, 0.3) is 17.3 Å². The van der Waals surface area contributed by atoms with Crippen molar-refractivity contribution >= 4 is 11.7 Å². The Hall–Kier alpha value is -4.02. The van der Waals surface area contributed by atoms with Crippen molar-refractivity contribution in [1.82, 2.24) is 29.7 Å². The normalized spacial score (nSPS) is 15.0. The minimum absolute atomic E-state index is 0.0114. The first kappa shape index (κ1) is 23.7. The molecule has 0 bridgehead atoms. The SMILES string of the molecule is Cc1nn2c(C3CCN(C(=O)OC(C)(C)C)CC3)cc(=O)[nH]c2c1-c1nnc(-c2ccccc2F)o1. The molecule has 0 radical (unpaired) electrons. The van der Waals surface area contributed by atoms with Crippen LogP contribution in [0, 0.1) is 12.7 Å². The fourth-order valence-corrected chi connectivity index (χ4v) is 4.48. The number of carbonyl (C=O) groups excluding carboxylic acids is 1. The molecule has 0 aliphatic carbocycles. The maximum absolute atomic E-state index is 14.2. The number of carbonyl (C=O) groups is 1. The van der Waals surface area contributed by atoms with Gasteiger partial charge in [0.1, 0.15) is 22.6 Å². The number of halogens is 1. The molecule has 5 rings (SSSR count). The summed E-state index contributed by atoms with van der Waals surface area (Å²) in [4.78, 5) is 29.6. The van der Waals surface area contributed by atoms with Crippen molar-refractivity contribution in [3.8, 4) is 22.9 Å². The van der Waals surface area contributed by atoms with E-state index in [1.165, 1.54) is 12.1 Å². The van der Waals surface area contributed by atoms with E-state index >= 15 is 0 Å². The van der Waals surface area contributed by atoms with Crippen molar-refractivity contribution in [2.24, 2.45) is 0 Å². The van der Waals surface area contributed by atoms with Gasteiger partial charge in [-0.05, 0) is 52.7 Å². The topological polar surface area (TPSA) is 119 Å². The molecule has 4 heterocycles. The number of H-pyrrole nitrogens is 1. The third-order valence-corrected chi connectivity index (χ3v) is 6.13. The van der Waals surface area contributed by atoms with E-state index in [1.807, 2.05) is 20.8 Å². The molecule has 1 aliphatic heterocycles. The summed E-state index contributed by atoms with van der Waals surface area (Å²) in [6.07, 6.45) is 0.977. The Kier molecular flexibility index (Phi) is 5.85. The van der Waals surface area contributed by atoms with Gasteiger partial charge < -0.3 is 19.0 Å². The van der Waals surface area contributed by atoms with Crippen LogP contribution in [0.25, 0.3) is 28.6 Å². The van der Waals surface area contributed by atoms with E-state index in [4.69, 9.17) is 9.15 Å². The van der Waals surface area contributed by atoms with Crippen molar-refractivity contribution in [3.05, 3.63) is 57.9 Å². The molecule has 36 heavy (non-hydrogen) atoms. The first-order valence-corrected chi connectivity index (χ1v) is 11.8. The molecule has 0 spiro atoms. The van der Waals surface area contributed by atoms with Gasteiger partial charge in [0.2, 0.25) is 0 Å². The van der Waals surface area contributed by atoms with E-state index in [2.05, 4.69) is 20.3 Å². The lowest BCUT2D eigenvalue weighted by molar-refractivity contribution is 0.0203. The molecule has 1 aliphatic rings. The Labute approximate surface area is 206 Å². The van der Waals surface area contributed by atoms with Crippen LogP contribution in [0.5, 0.6) is 0 Å². The number of amides is 1. The molecule has 1 fully saturated rings. The molecule has 0 atom stereocenters. The largest absolute Gasteiger partial charge is 0.444 e. The summed E-state index contributed by atoms with van der Waals surface area (Å²) < 4.78 is 27.2. The minimum Gasteiger partial charge on any atom is -0.444 e. The second-order valence-electron chi connectivity index (χ2n) is 9.91. The summed E-state index contributed by atoms with van der Waals surface area (Å²) in [7, 11) is 0. The lowest BCUT2D eigenvalue weighted by atomic mass is 9.93. The van der Waals surface area contributed by atoms with Crippen LogP contribution in [-0.4, -0.2) is 54.5 Å². The molecule has 3 aromatic heterocycles. The van der Waals surface area contributed by atoms with Crippen molar-refractivity contribution in [3.63, 3.8) is 0 Å². The number of fused-ring (bicyclic) bond motifs is 1. The quantitative estimate of drug-likeness (QED) is 0.451. The number of nitrogens with zero attached hydrogens (tertiary/aromatic N) is 5. The summed E-state index contributed by atoms with van der Waals surface area (Å²) >= 11 is 0. The van der Waals surface area contributed by atoms with Crippen LogP contribution >= 0.6 is 0 Å². The highest BCUT2D eigenvalue weighted by atomic mass is 19.1. The van der Waals surface area contributed by atoms with Crippen molar-refractivity contribution < 1.29 is 18.3 Å². The predicted octanol–water partition coefficient (Wildman–Crippen LogP) is 4.30. The zero-order chi connectivity index (χ0) is 25.6. The van der Waals surface area contributed by atoms with Crippen LogP contribution in [0.2, 0.25) is 0 Å². The van der Waals surface area contributed by atoms with E-state index in [0.717, 1.165) is 5.69 Å². The number of aromatic nitrogens is 5. The molecule has 11 heteroatoms. The molecule has 4 aromatic rings. The van der Waals surface area contributed by atoms with E-state index in [-0.39, 0.29) is 34.9 Å². The molecule has 1 amide bonds. The Morgan fingerprint density at radius 1 is 1.17 bits per heavy atom. The fourth-order valence-electron chi connectivity index (χ4n) is 4.48. The van der Waals surface area contributed by atoms with Crippen LogP contribution in [0.4, 0.5) is 9.18 Å². The van der Waals surface area contributed by atoms with E-state index in [1.54, 1.807) is 34.5 Å². The third kappa shape index (κ3) is 4.48. The summed E-state index contributed by atoms with van der Waals surface area (Å²) in [6.45, 7) is 8.32. The van der Waals surface area contributed by atoms with Gasteiger partial charge in [-0.1, -0.05) is 12.1 Å². The summed E-state index contributed by atoms with van der Waals surface area (Å²) in [5.41, 5.74) is 1.56. The monoisotopic (exact) mass is 494 g/mol. The number of ether oxygens (including phenoxy) is 1. The Morgan fingerprint density at radius 3 is 2.56 bits per heavy atom. The number of piperidine rings is 1. The predicted molar refractivity (Wildman–Crippen MR) is 129 cm³/mol. The second-order valence-corrected chi connectivity index (χ2v) is 9.91. The molecule has 10 nitrogen and oxygen atoms in total. The Balaban J connectivity index is 1.46. The lowest BCUT2D eigenvalue weighted by Crippen LogP contribution is -2.41. The summed E-state index contributed by atoms with van der Waals surface area (Å²) in [5, 5.41) is 12.7. The fraction of sp³-hybridized carbons (Fsp3) is 0.400. The van der Waals surface area contributed by atoms with Crippen LogP contribution in [0.3, 0.4) is 0 Å². The average molecular weight is 495 g/mol. The molecular weight excluding hydrogens is 467 g/mol. The van der Waals surface area contributed by atoms with Crippen LogP contribution < -0.4 is 5.56 Å². The van der Waals surface area contributed by atoms with Gasteiger partial charge in [-0.25, -0.2) is 13.7 Å². The highest BCUT2D eigenvalue weighted by Crippen LogP contribution is 2.33. The highest BCUT2D eigenvalue weighted by Gasteiger charge is 2.30. The average Bonchev–Trinajstić information content (AvgIpc) is 3.41. The van der Waals surface area contributed by atoms with Crippen molar-refractivity contribution in [2.45, 2.75) is 52.1 Å². The lowest BCUT2D eigenvalue weighted by Gasteiger charge is -2.33. The molecule has 1 N–H and O–H groups in total. The zero-order valence-electron chi connectivity index (χ0n) is 20.5. The van der Waals surface area contributed by atoms with Gasteiger partial charge in [0, 0.05) is 25.1 Å². The number of aromatic amines is 1. The zero-order valence-corrected chi connectivity index (χ0v) is 20.5. The number of likely N-dealkylation sites (tertiary alicyclic amines) is 1. The molecular formula is C25H27FN6O4. The van der Waals surface area contributed by atoms with E-state index in [0.29, 0.717) is 42.8 Å². The van der Waals surface area contributed by atoms with Crippen molar-refractivity contribution in [1.29, 1.82) is 0 Å². The van der Waals surface area contributed by atoms with Gasteiger partial charge in [0.05, 0.1) is 17.0 Å². The molecule has 0 unspecified atom stereocenters. The molecule has 1 aromatic carbocycles. The second kappa shape index (κ2) is 8.89. The number of benzene rings is 1.